The van der Waals surface area contributed by atoms with E-state index in [1.807, 2.05) is 24.3 Å². The van der Waals surface area contributed by atoms with E-state index in [2.05, 4.69) is 4.90 Å². The monoisotopic (exact) mass is 327 g/mol. The predicted molar refractivity (Wildman–Crippen MR) is 88.9 cm³/mol. The molecule has 1 aromatic carbocycles. The average molecular weight is 327 g/mol. The molecular weight excluding hydrogens is 306 g/mol. The van der Waals surface area contributed by atoms with E-state index in [0.29, 0.717) is 36.9 Å². The number of likely N-dealkylation sites (tertiary alicyclic amines) is 1. The molecule has 5 heteroatoms. The van der Waals surface area contributed by atoms with Crippen LogP contribution < -0.4 is 9.47 Å². The van der Waals surface area contributed by atoms with Gasteiger partial charge in [-0.25, -0.2) is 0 Å². The van der Waals surface area contributed by atoms with Gasteiger partial charge in [0.05, 0.1) is 6.26 Å². The van der Waals surface area contributed by atoms with Gasteiger partial charge in [-0.2, -0.15) is 0 Å². The van der Waals surface area contributed by atoms with E-state index in [9.17, 15) is 4.79 Å². The van der Waals surface area contributed by atoms with Crippen molar-refractivity contribution in [2.45, 2.75) is 18.8 Å². The maximum atomic E-state index is 12.5. The van der Waals surface area contributed by atoms with E-state index >= 15 is 0 Å². The molecule has 5 nitrogen and oxygen atoms in total. The molecule has 24 heavy (non-hydrogen) atoms. The molecule has 2 aromatic rings. The Kier molecular flexibility index (Phi) is 4.26. The first-order chi connectivity index (χ1) is 11.8. The van der Waals surface area contributed by atoms with Gasteiger partial charge >= 0.3 is 0 Å². The molecular formula is C19H21NO4. The Labute approximate surface area is 141 Å². The Bertz CT molecular complexity index is 710. The first-order valence-corrected chi connectivity index (χ1v) is 8.48. The molecule has 1 aromatic heterocycles. The zero-order valence-corrected chi connectivity index (χ0v) is 13.6. The van der Waals surface area contributed by atoms with Crippen molar-refractivity contribution in [2.24, 2.45) is 0 Å². The Morgan fingerprint density at radius 1 is 1.17 bits per heavy atom. The van der Waals surface area contributed by atoms with Gasteiger partial charge in [-0.05, 0) is 43.3 Å². The number of fused-ring (bicyclic) bond motifs is 1. The van der Waals surface area contributed by atoms with Crippen LogP contribution in [0.1, 0.15) is 34.9 Å². The van der Waals surface area contributed by atoms with Crippen molar-refractivity contribution in [1.29, 1.82) is 0 Å². The third-order valence-corrected chi connectivity index (χ3v) is 4.74. The topological polar surface area (TPSA) is 51.9 Å². The van der Waals surface area contributed by atoms with E-state index < -0.39 is 0 Å². The Morgan fingerprint density at radius 2 is 2.04 bits per heavy atom. The quantitative estimate of drug-likeness (QED) is 0.790. The second-order valence-corrected chi connectivity index (χ2v) is 6.33. The van der Waals surface area contributed by atoms with Crippen LogP contribution in [0.3, 0.4) is 0 Å². The first kappa shape index (κ1) is 15.3. The molecule has 0 spiro atoms. The molecule has 1 unspecified atom stereocenters. The van der Waals surface area contributed by atoms with E-state index in [4.69, 9.17) is 13.9 Å². The maximum absolute atomic E-state index is 12.5. The normalized spacial score (nSPS) is 20.2. The lowest BCUT2D eigenvalue weighted by Crippen LogP contribution is -2.23. The van der Waals surface area contributed by atoms with Gasteiger partial charge in [0.15, 0.2) is 17.3 Å². The van der Waals surface area contributed by atoms with E-state index in [1.165, 1.54) is 0 Å². The summed E-state index contributed by atoms with van der Waals surface area (Å²) >= 11 is 0. The maximum Gasteiger partial charge on any atom is 0.164 e. The summed E-state index contributed by atoms with van der Waals surface area (Å²) in [5.74, 6) is 3.04. The van der Waals surface area contributed by atoms with Crippen LogP contribution in [0.5, 0.6) is 11.5 Å². The number of ketones is 1. The molecule has 0 bridgehead atoms. The van der Waals surface area contributed by atoms with Crippen LogP contribution in [0.25, 0.3) is 0 Å². The minimum absolute atomic E-state index is 0.147. The van der Waals surface area contributed by atoms with Crippen molar-refractivity contribution < 1.29 is 18.7 Å². The van der Waals surface area contributed by atoms with Crippen LogP contribution >= 0.6 is 0 Å². The molecule has 0 saturated carbocycles. The van der Waals surface area contributed by atoms with Crippen molar-refractivity contribution >= 4 is 5.78 Å². The molecule has 0 amide bonds. The molecule has 2 aliphatic heterocycles. The fourth-order valence-electron chi connectivity index (χ4n) is 3.41. The number of nitrogens with zero attached hydrogens (tertiary/aromatic N) is 1. The number of carbonyl (C=O) groups is 1. The number of hydrogen-bond acceptors (Lipinski definition) is 5. The van der Waals surface area contributed by atoms with E-state index in [0.717, 1.165) is 37.6 Å². The first-order valence-electron chi connectivity index (χ1n) is 8.48. The molecule has 3 heterocycles. The molecule has 1 fully saturated rings. The number of hydrogen-bond donors (Lipinski definition) is 0. The van der Waals surface area contributed by atoms with Crippen LogP contribution in [-0.4, -0.2) is 43.5 Å². The SMILES string of the molecule is O=C(CCN1CCC(c2ccco2)C1)c1ccc2c(c1)OCCO2. The summed E-state index contributed by atoms with van der Waals surface area (Å²) in [6, 6.07) is 9.42. The number of furan rings is 1. The fraction of sp³-hybridized carbons (Fsp3) is 0.421. The van der Waals surface area contributed by atoms with Gasteiger partial charge in [-0.1, -0.05) is 0 Å². The summed E-state index contributed by atoms with van der Waals surface area (Å²) < 4.78 is 16.5. The molecule has 4 rings (SSSR count). The second kappa shape index (κ2) is 6.69. The summed E-state index contributed by atoms with van der Waals surface area (Å²) in [7, 11) is 0. The summed E-state index contributed by atoms with van der Waals surface area (Å²) in [6.45, 7) is 3.85. The molecule has 126 valence electrons. The summed E-state index contributed by atoms with van der Waals surface area (Å²) in [6.07, 6.45) is 3.33. The molecule has 2 aliphatic rings. The zero-order chi connectivity index (χ0) is 16.4. The number of Topliss-reactive ketones (excluding diaryl/α,β-unsaturated/α-hetero) is 1. The van der Waals surface area contributed by atoms with Crippen LogP contribution in [0.4, 0.5) is 0 Å². The van der Waals surface area contributed by atoms with Crippen molar-refractivity contribution in [3.63, 3.8) is 0 Å². The lowest BCUT2D eigenvalue weighted by Gasteiger charge is -2.19. The van der Waals surface area contributed by atoms with Gasteiger partial charge in [0, 0.05) is 31.0 Å². The number of carbonyl (C=O) groups excluding carboxylic acids is 1. The highest BCUT2D eigenvalue weighted by Gasteiger charge is 2.26. The zero-order valence-electron chi connectivity index (χ0n) is 13.6. The van der Waals surface area contributed by atoms with Crippen LogP contribution in [0.15, 0.2) is 41.0 Å². The van der Waals surface area contributed by atoms with Gasteiger partial charge in [0.1, 0.15) is 19.0 Å². The van der Waals surface area contributed by atoms with Crippen molar-refractivity contribution in [3.8, 4) is 11.5 Å². The number of benzene rings is 1. The Morgan fingerprint density at radius 3 is 2.88 bits per heavy atom. The fourth-order valence-corrected chi connectivity index (χ4v) is 3.41. The molecule has 0 aliphatic carbocycles. The highest BCUT2D eigenvalue weighted by atomic mass is 16.6. The van der Waals surface area contributed by atoms with Crippen molar-refractivity contribution in [3.05, 3.63) is 47.9 Å². The highest BCUT2D eigenvalue weighted by molar-refractivity contribution is 5.96. The Balaban J connectivity index is 1.32. The lowest BCUT2D eigenvalue weighted by atomic mass is 10.1. The van der Waals surface area contributed by atoms with Crippen LogP contribution in [0.2, 0.25) is 0 Å². The summed E-state index contributed by atoms with van der Waals surface area (Å²) in [5, 5.41) is 0. The average Bonchev–Trinajstić information content (AvgIpc) is 3.30. The van der Waals surface area contributed by atoms with E-state index in [-0.39, 0.29) is 5.78 Å². The predicted octanol–water partition coefficient (Wildman–Crippen LogP) is 3.11. The van der Waals surface area contributed by atoms with Crippen molar-refractivity contribution in [1.82, 2.24) is 4.90 Å². The number of ether oxygens (including phenoxy) is 2. The standard InChI is InChI=1S/C19H21NO4/c21-16(14-3-4-18-19(12-14)24-11-10-23-18)6-8-20-7-5-15(13-20)17-2-1-9-22-17/h1-4,9,12,15H,5-8,10-11,13H2. The summed E-state index contributed by atoms with van der Waals surface area (Å²) in [4.78, 5) is 14.8. The van der Waals surface area contributed by atoms with Gasteiger partial charge in [-0.15, -0.1) is 0 Å². The molecule has 1 atom stereocenters. The van der Waals surface area contributed by atoms with Gasteiger partial charge in [0.25, 0.3) is 0 Å². The largest absolute Gasteiger partial charge is 0.486 e. The highest BCUT2D eigenvalue weighted by Crippen LogP contribution is 2.31. The van der Waals surface area contributed by atoms with Crippen molar-refractivity contribution in [2.75, 3.05) is 32.8 Å². The lowest BCUT2D eigenvalue weighted by molar-refractivity contribution is 0.0967. The third-order valence-electron chi connectivity index (χ3n) is 4.74. The minimum Gasteiger partial charge on any atom is -0.486 e. The second-order valence-electron chi connectivity index (χ2n) is 6.33. The molecule has 1 saturated heterocycles. The van der Waals surface area contributed by atoms with Crippen LogP contribution in [-0.2, 0) is 0 Å². The van der Waals surface area contributed by atoms with E-state index in [1.54, 1.807) is 12.3 Å². The molecule has 0 N–H and O–H groups in total. The smallest absolute Gasteiger partial charge is 0.164 e. The minimum atomic E-state index is 0.147. The van der Waals surface area contributed by atoms with Gasteiger partial charge < -0.3 is 18.8 Å². The van der Waals surface area contributed by atoms with Crippen LogP contribution in [0, 0.1) is 0 Å². The Hall–Kier alpha value is -2.27. The molecule has 0 radical (unpaired) electrons. The summed E-state index contributed by atoms with van der Waals surface area (Å²) in [5.41, 5.74) is 0.695. The third kappa shape index (κ3) is 3.17. The van der Waals surface area contributed by atoms with Gasteiger partial charge in [-0.3, -0.25) is 4.79 Å². The number of rotatable bonds is 5. The van der Waals surface area contributed by atoms with Gasteiger partial charge in [0.2, 0.25) is 0 Å².